The van der Waals surface area contributed by atoms with Gasteiger partial charge in [0.05, 0.1) is 6.61 Å². The highest BCUT2D eigenvalue weighted by molar-refractivity contribution is 6.08. The Bertz CT molecular complexity index is 744. The Labute approximate surface area is 148 Å². The molecule has 0 aliphatic rings. The number of rotatable bonds is 6. The molecule has 2 amide bonds. The quantitative estimate of drug-likeness (QED) is 0.782. The Morgan fingerprint density at radius 1 is 0.920 bits per heavy atom. The third-order valence-electron chi connectivity index (χ3n) is 3.71. The zero-order valence-electron chi connectivity index (χ0n) is 15.1. The molecule has 0 radical (unpaired) electrons. The largest absolute Gasteiger partial charge is 0.494 e. The Morgan fingerprint density at radius 3 is 2.04 bits per heavy atom. The minimum atomic E-state index is -0.357. The van der Waals surface area contributed by atoms with E-state index in [0.29, 0.717) is 12.3 Å². The standard InChI is InChI=1S/C20H24N2O3/c1-5-25-17-8-6-16(7-9-17)21-18(23)12-19(24)22-20-14(3)10-13(2)11-15(20)4/h6-11H,5,12H2,1-4H3,(H,21,23)(H,22,24). The van der Waals surface area contributed by atoms with E-state index in [2.05, 4.69) is 10.6 Å². The fourth-order valence-corrected chi connectivity index (χ4v) is 2.71. The van der Waals surface area contributed by atoms with E-state index in [-0.39, 0.29) is 18.2 Å². The SMILES string of the molecule is CCOc1ccc(NC(=O)CC(=O)Nc2c(C)cc(C)cc2C)cc1. The summed E-state index contributed by atoms with van der Waals surface area (Å²) in [6, 6.07) is 11.0. The summed E-state index contributed by atoms with van der Waals surface area (Å²) in [6.45, 7) is 8.39. The van der Waals surface area contributed by atoms with Gasteiger partial charge in [0.2, 0.25) is 11.8 Å². The number of hydrogen-bond donors (Lipinski definition) is 2. The first-order valence-electron chi connectivity index (χ1n) is 8.29. The second-order valence-corrected chi connectivity index (χ2v) is 6.00. The van der Waals surface area contributed by atoms with Gasteiger partial charge < -0.3 is 15.4 Å². The number of hydrogen-bond acceptors (Lipinski definition) is 3. The Hall–Kier alpha value is -2.82. The molecule has 0 aliphatic heterocycles. The lowest BCUT2D eigenvalue weighted by atomic mass is 10.0. The van der Waals surface area contributed by atoms with Gasteiger partial charge in [-0.05, 0) is 63.1 Å². The van der Waals surface area contributed by atoms with Crippen molar-refractivity contribution in [3.05, 3.63) is 53.1 Å². The van der Waals surface area contributed by atoms with Crippen molar-refractivity contribution in [3.8, 4) is 5.75 Å². The van der Waals surface area contributed by atoms with Gasteiger partial charge in [-0.3, -0.25) is 9.59 Å². The maximum atomic E-state index is 12.1. The first-order chi connectivity index (χ1) is 11.9. The molecular formula is C20H24N2O3. The van der Waals surface area contributed by atoms with E-state index in [9.17, 15) is 9.59 Å². The number of carbonyl (C=O) groups excluding carboxylic acids is 2. The Balaban J connectivity index is 1.93. The van der Waals surface area contributed by atoms with Crippen molar-refractivity contribution in [2.45, 2.75) is 34.1 Å². The summed E-state index contributed by atoms with van der Waals surface area (Å²) in [5.41, 5.74) is 4.50. The summed E-state index contributed by atoms with van der Waals surface area (Å²) < 4.78 is 5.35. The van der Waals surface area contributed by atoms with Crippen molar-refractivity contribution >= 4 is 23.2 Å². The summed E-state index contributed by atoms with van der Waals surface area (Å²) in [6.07, 6.45) is -0.236. The van der Waals surface area contributed by atoms with Crippen molar-refractivity contribution in [1.82, 2.24) is 0 Å². The van der Waals surface area contributed by atoms with Crippen LogP contribution in [0, 0.1) is 20.8 Å². The van der Waals surface area contributed by atoms with Crippen molar-refractivity contribution in [2.24, 2.45) is 0 Å². The summed E-state index contributed by atoms with van der Waals surface area (Å²) >= 11 is 0. The highest BCUT2D eigenvalue weighted by Crippen LogP contribution is 2.22. The first kappa shape index (κ1) is 18.5. The molecule has 0 unspecified atom stereocenters. The fraction of sp³-hybridized carbons (Fsp3) is 0.300. The van der Waals surface area contributed by atoms with E-state index in [4.69, 9.17) is 4.74 Å². The van der Waals surface area contributed by atoms with Gasteiger partial charge in [-0.15, -0.1) is 0 Å². The van der Waals surface area contributed by atoms with Gasteiger partial charge in [0.15, 0.2) is 0 Å². The highest BCUT2D eigenvalue weighted by Gasteiger charge is 2.13. The second-order valence-electron chi connectivity index (χ2n) is 6.00. The topological polar surface area (TPSA) is 67.4 Å². The van der Waals surface area contributed by atoms with Crippen molar-refractivity contribution in [2.75, 3.05) is 17.2 Å². The van der Waals surface area contributed by atoms with Crippen LogP contribution in [0.1, 0.15) is 30.0 Å². The second kappa shape index (κ2) is 8.33. The molecular weight excluding hydrogens is 316 g/mol. The van der Waals surface area contributed by atoms with E-state index in [1.807, 2.05) is 39.8 Å². The normalized spacial score (nSPS) is 10.2. The molecule has 0 spiro atoms. The smallest absolute Gasteiger partial charge is 0.233 e. The average Bonchev–Trinajstić information content (AvgIpc) is 2.53. The van der Waals surface area contributed by atoms with Crippen LogP contribution in [0.3, 0.4) is 0 Å². The summed E-state index contributed by atoms with van der Waals surface area (Å²) in [4.78, 5) is 24.2. The molecule has 0 saturated heterocycles. The predicted molar refractivity (Wildman–Crippen MR) is 100 cm³/mol. The molecule has 0 aliphatic carbocycles. The fourth-order valence-electron chi connectivity index (χ4n) is 2.71. The number of amides is 2. The molecule has 2 rings (SSSR count). The third-order valence-corrected chi connectivity index (χ3v) is 3.71. The number of benzene rings is 2. The molecule has 2 aromatic carbocycles. The molecule has 5 heteroatoms. The average molecular weight is 340 g/mol. The van der Waals surface area contributed by atoms with Gasteiger partial charge in [-0.25, -0.2) is 0 Å². The lowest BCUT2D eigenvalue weighted by Crippen LogP contribution is -2.22. The lowest BCUT2D eigenvalue weighted by Gasteiger charge is -2.13. The minimum Gasteiger partial charge on any atom is -0.494 e. The van der Waals surface area contributed by atoms with Crippen LogP contribution in [0.4, 0.5) is 11.4 Å². The van der Waals surface area contributed by atoms with Crippen LogP contribution in [0.5, 0.6) is 5.75 Å². The van der Waals surface area contributed by atoms with Crippen molar-refractivity contribution in [1.29, 1.82) is 0 Å². The predicted octanol–water partition coefficient (Wildman–Crippen LogP) is 3.98. The Kier molecular flexibility index (Phi) is 6.17. The van der Waals surface area contributed by atoms with Gasteiger partial charge in [-0.2, -0.15) is 0 Å². The van der Waals surface area contributed by atoms with Gasteiger partial charge in [-0.1, -0.05) is 17.7 Å². The third kappa shape index (κ3) is 5.35. The number of aryl methyl sites for hydroxylation is 3. The molecule has 5 nitrogen and oxygen atoms in total. The van der Waals surface area contributed by atoms with Crippen molar-refractivity contribution < 1.29 is 14.3 Å². The van der Waals surface area contributed by atoms with Gasteiger partial charge in [0.1, 0.15) is 12.2 Å². The van der Waals surface area contributed by atoms with E-state index < -0.39 is 0 Å². The number of anilines is 2. The molecule has 0 aromatic heterocycles. The van der Waals surface area contributed by atoms with Crippen LogP contribution < -0.4 is 15.4 Å². The zero-order valence-corrected chi connectivity index (χ0v) is 15.1. The molecule has 0 fully saturated rings. The lowest BCUT2D eigenvalue weighted by molar-refractivity contribution is -0.123. The first-order valence-corrected chi connectivity index (χ1v) is 8.29. The van der Waals surface area contributed by atoms with Gasteiger partial charge in [0, 0.05) is 11.4 Å². The van der Waals surface area contributed by atoms with Crippen LogP contribution in [0.2, 0.25) is 0 Å². The number of carbonyl (C=O) groups is 2. The van der Waals surface area contributed by atoms with Crippen molar-refractivity contribution in [3.63, 3.8) is 0 Å². The van der Waals surface area contributed by atoms with Crippen LogP contribution >= 0.6 is 0 Å². The molecule has 25 heavy (non-hydrogen) atoms. The van der Waals surface area contributed by atoms with E-state index in [0.717, 1.165) is 28.1 Å². The van der Waals surface area contributed by atoms with E-state index in [1.54, 1.807) is 24.3 Å². The van der Waals surface area contributed by atoms with Crippen LogP contribution in [-0.4, -0.2) is 18.4 Å². The maximum Gasteiger partial charge on any atom is 0.233 e. The highest BCUT2D eigenvalue weighted by atomic mass is 16.5. The molecule has 0 bridgehead atoms. The van der Waals surface area contributed by atoms with E-state index >= 15 is 0 Å². The number of ether oxygens (including phenoxy) is 1. The summed E-state index contributed by atoms with van der Waals surface area (Å²) in [5, 5.41) is 5.54. The monoisotopic (exact) mass is 340 g/mol. The van der Waals surface area contributed by atoms with Crippen LogP contribution in [-0.2, 0) is 9.59 Å². The molecule has 132 valence electrons. The molecule has 0 atom stereocenters. The Morgan fingerprint density at radius 2 is 1.48 bits per heavy atom. The van der Waals surface area contributed by atoms with Gasteiger partial charge >= 0.3 is 0 Å². The molecule has 2 aromatic rings. The molecule has 0 saturated carbocycles. The summed E-state index contributed by atoms with van der Waals surface area (Å²) in [5.74, 6) is 0.0473. The number of nitrogens with one attached hydrogen (secondary N) is 2. The minimum absolute atomic E-state index is 0.236. The van der Waals surface area contributed by atoms with Crippen LogP contribution in [0.25, 0.3) is 0 Å². The van der Waals surface area contributed by atoms with Gasteiger partial charge in [0.25, 0.3) is 0 Å². The van der Waals surface area contributed by atoms with Crippen LogP contribution in [0.15, 0.2) is 36.4 Å². The van der Waals surface area contributed by atoms with E-state index in [1.165, 1.54) is 0 Å². The zero-order chi connectivity index (χ0) is 18.4. The molecule has 0 heterocycles. The molecule has 2 N–H and O–H groups in total. The summed E-state index contributed by atoms with van der Waals surface area (Å²) in [7, 11) is 0. The maximum absolute atomic E-state index is 12.1.